The van der Waals surface area contributed by atoms with E-state index in [9.17, 15) is 5.11 Å². The number of hydrogen-bond acceptors (Lipinski definition) is 2. The lowest BCUT2D eigenvalue weighted by molar-refractivity contribution is 0.0299. The van der Waals surface area contributed by atoms with Crippen molar-refractivity contribution < 1.29 is 9.84 Å². The third-order valence-electron chi connectivity index (χ3n) is 2.41. The Morgan fingerprint density at radius 3 is 2.75 bits per heavy atom. The zero-order valence-corrected chi connectivity index (χ0v) is 7.29. The maximum Gasteiger partial charge on any atom is 0.125 e. The Labute approximate surface area is 71.8 Å². The number of fused-ring (bicyclic) bond motifs is 1. The molecule has 1 aromatic carbocycles. The zero-order valence-electron chi connectivity index (χ0n) is 7.29. The first-order valence-electron chi connectivity index (χ1n) is 4.04. The van der Waals surface area contributed by atoms with Gasteiger partial charge in [-0.05, 0) is 18.6 Å². The smallest absolute Gasteiger partial charge is 0.125 e. The quantitative estimate of drug-likeness (QED) is 0.681. The minimum atomic E-state index is -0.679. The number of rotatable bonds is 1. The van der Waals surface area contributed by atoms with Crippen LogP contribution in [0.2, 0.25) is 0 Å². The molecule has 0 heterocycles. The predicted molar refractivity (Wildman–Crippen MR) is 46.3 cm³/mol. The molecule has 0 amide bonds. The average Bonchev–Trinajstić information content (AvgIpc) is 2.02. The van der Waals surface area contributed by atoms with E-state index >= 15 is 0 Å². The molecule has 1 aliphatic carbocycles. The predicted octanol–water partition coefficient (Wildman–Crippen LogP) is 1.46. The largest absolute Gasteiger partial charge is 0.496 e. The molecule has 2 rings (SSSR count). The van der Waals surface area contributed by atoms with E-state index < -0.39 is 5.60 Å². The molecular formula is C10H12O2. The maximum atomic E-state index is 9.80. The van der Waals surface area contributed by atoms with Crippen LogP contribution in [0.25, 0.3) is 0 Å². The highest BCUT2D eigenvalue weighted by atomic mass is 16.5. The average molecular weight is 164 g/mol. The van der Waals surface area contributed by atoms with E-state index in [0.717, 1.165) is 17.7 Å². The van der Waals surface area contributed by atoms with Gasteiger partial charge in [0.05, 0.1) is 12.7 Å². The van der Waals surface area contributed by atoms with Gasteiger partial charge in [0.25, 0.3) is 0 Å². The van der Waals surface area contributed by atoms with Gasteiger partial charge in [-0.3, -0.25) is 0 Å². The van der Waals surface area contributed by atoms with Crippen molar-refractivity contribution in [3.63, 3.8) is 0 Å². The van der Waals surface area contributed by atoms with E-state index in [2.05, 4.69) is 0 Å². The minimum absolute atomic E-state index is 0.679. The molecular weight excluding hydrogens is 152 g/mol. The molecule has 0 spiro atoms. The molecule has 64 valence electrons. The molecule has 2 nitrogen and oxygen atoms in total. The van der Waals surface area contributed by atoms with E-state index in [1.807, 2.05) is 25.1 Å². The molecule has 0 unspecified atom stereocenters. The number of benzene rings is 1. The summed E-state index contributed by atoms with van der Waals surface area (Å²) in [5.74, 6) is 0.795. The lowest BCUT2D eigenvalue weighted by atomic mass is 9.74. The van der Waals surface area contributed by atoms with Gasteiger partial charge in [0.15, 0.2) is 0 Å². The molecule has 12 heavy (non-hydrogen) atoms. The summed E-state index contributed by atoms with van der Waals surface area (Å²) in [4.78, 5) is 0. The SMILES string of the molecule is COc1cccc2c1[C@](C)(O)C2. The molecule has 0 fully saturated rings. The summed E-state index contributed by atoms with van der Waals surface area (Å²) in [6.07, 6.45) is 0.736. The van der Waals surface area contributed by atoms with Crippen molar-refractivity contribution in [3.8, 4) is 5.75 Å². The first-order chi connectivity index (χ1) is 5.65. The summed E-state index contributed by atoms with van der Waals surface area (Å²) >= 11 is 0. The molecule has 0 aromatic heterocycles. The lowest BCUT2D eigenvalue weighted by Crippen LogP contribution is -2.35. The van der Waals surface area contributed by atoms with E-state index in [-0.39, 0.29) is 0 Å². The van der Waals surface area contributed by atoms with Crippen LogP contribution in [0.15, 0.2) is 18.2 Å². The highest BCUT2D eigenvalue weighted by molar-refractivity contribution is 5.51. The molecule has 1 N–H and O–H groups in total. The third-order valence-corrected chi connectivity index (χ3v) is 2.41. The lowest BCUT2D eigenvalue weighted by Gasteiger charge is -2.37. The second-order valence-corrected chi connectivity index (χ2v) is 3.45. The maximum absolute atomic E-state index is 9.80. The molecule has 0 saturated carbocycles. The monoisotopic (exact) mass is 164 g/mol. The van der Waals surface area contributed by atoms with Gasteiger partial charge >= 0.3 is 0 Å². The van der Waals surface area contributed by atoms with Crippen LogP contribution in [0.5, 0.6) is 5.75 Å². The highest BCUT2D eigenvalue weighted by Crippen LogP contribution is 2.44. The Morgan fingerprint density at radius 1 is 1.50 bits per heavy atom. The van der Waals surface area contributed by atoms with E-state index in [0.29, 0.717) is 0 Å². The summed E-state index contributed by atoms with van der Waals surface area (Å²) in [7, 11) is 1.63. The first-order valence-corrected chi connectivity index (χ1v) is 4.04. The Bertz CT molecular complexity index is 316. The standard InChI is InChI=1S/C10H12O2/c1-10(11)6-7-4-3-5-8(12-2)9(7)10/h3-5,11H,6H2,1-2H3/t10-/m1/s1. The van der Waals surface area contributed by atoms with Crippen LogP contribution >= 0.6 is 0 Å². The van der Waals surface area contributed by atoms with Gasteiger partial charge in [-0.15, -0.1) is 0 Å². The van der Waals surface area contributed by atoms with E-state index in [1.165, 1.54) is 5.56 Å². The van der Waals surface area contributed by atoms with E-state index in [1.54, 1.807) is 7.11 Å². The van der Waals surface area contributed by atoms with Crippen LogP contribution in [0, 0.1) is 0 Å². The van der Waals surface area contributed by atoms with Crippen LogP contribution in [-0.2, 0) is 12.0 Å². The topological polar surface area (TPSA) is 29.5 Å². The molecule has 1 aliphatic rings. The summed E-state index contributed by atoms with van der Waals surface area (Å²) in [6, 6.07) is 5.86. The first kappa shape index (κ1) is 7.62. The third kappa shape index (κ3) is 0.847. The van der Waals surface area contributed by atoms with Gasteiger partial charge in [-0.1, -0.05) is 12.1 Å². The molecule has 0 radical (unpaired) electrons. The van der Waals surface area contributed by atoms with Gasteiger partial charge in [-0.2, -0.15) is 0 Å². The Morgan fingerprint density at radius 2 is 2.25 bits per heavy atom. The minimum Gasteiger partial charge on any atom is -0.496 e. The summed E-state index contributed by atoms with van der Waals surface area (Å²) in [5.41, 5.74) is 1.47. The van der Waals surface area contributed by atoms with Crippen molar-refractivity contribution >= 4 is 0 Å². The fourth-order valence-electron chi connectivity index (χ4n) is 1.86. The summed E-state index contributed by atoms with van der Waals surface area (Å²) in [5, 5.41) is 9.80. The number of aliphatic hydroxyl groups is 1. The van der Waals surface area contributed by atoms with Gasteiger partial charge in [0, 0.05) is 12.0 Å². The fraction of sp³-hybridized carbons (Fsp3) is 0.400. The van der Waals surface area contributed by atoms with Crippen molar-refractivity contribution in [1.82, 2.24) is 0 Å². The second-order valence-electron chi connectivity index (χ2n) is 3.45. The normalized spacial score (nSPS) is 25.9. The highest BCUT2D eigenvalue weighted by Gasteiger charge is 2.38. The second kappa shape index (κ2) is 2.23. The van der Waals surface area contributed by atoms with Crippen LogP contribution in [0.3, 0.4) is 0 Å². The molecule has 0 aliphatic heterocycles. The number of ether oxygens (including phenoxy) is 1. The fourth-order valence-corrected chi connectivity index (χ4v) is 1.86. The van der Waals surface area contributed by atoms with Crippen LogP contribution in [0.1, 0.15) is 18.1 Å². The van der Waals surface area contributed by atoms with Gasteiger partial charge in [0.1, 0.15) is 5.75 Å². The van der Waals surface area contributed by atoms with Crippen LogP contribution < -0.4 is 4.74 Å². The Hall–Kier alpha value is -1.02. The molecule has 0 saturated heterocycles. The van der Waals surface area contributed by atoms with Crippen LogP contribution in [0.4, 0.5) is 0 Å². The Balaban J connectivity index is 2.54. The molecule has 0 bridgehead atoms. The molecule has 2 heteroatoms. The van der Waals surface area contributed by atoms with E-state index in [4.69, 9.17) is 4.74 Å². The summed E-state index contributed by atoms with van der Waals surface area (Å²) in [6.45, 7) is 1.82. The van der Waals surface area contributed by atoms with Crippen molar-refractivity contribution in [2.24, 2.45) is 0 Å². The van der Waals surface area contributed by atoms with Crippen molar-refractivity contribution in [3.05, 3.63) is 29.3 Å². The van der Waals surface area contributed by atoms with Crippen molar-refractivity contribution in [2.75, 3.05) is 7.11 Å². The van der Waals surface area contributed by atoms with Gasteiger partial charge in [0.2, 0.25) is 0 Å². The number of methoxy groups -OCH3 is 1. The zero-order chi connectivity index (χ0) is 8.77. The summed E-state index contributed by atoms with van der Waals surface area (Å²) < 4.78 is 5.15. The van der Waals surface area contributed by atoms with Gasteiger partial charge in [-0.25, -0.2) is 0 Å². The van der Waals surface area contributed by atoms with Gasteiger partial charge < -0.3 is 9.84 Å². The number of hydrogen-bond donors (Lipinski definition) is 1. The van der Waals surface area contributed by atoms with Crippen LogP contribution in [-0.4, -0.2) is 12.2 Å². The van der Waals surface area contributed by atoms with Crippen molar-refractivity contribution in [2.45, 2.75) is 18.9 Å². The molecule has 1 atom stereocenters. The Kier molecular flexibility index (Phi) is 1.42. The molecule has 1 aromatic rings. The van der Waals surface area contributed by atoms with Crippen molar-refractivity contribution in [1.29, 1.82) is 0 Å².